The van der Waals surface area contributed by atoms with E-state index in [0.29, 0.717) is 6.42 Å². The second-order valence-electron chi connectivity index (χ2n) is 6.57. The summed E-state index contributed by atoms with van der Waals surface area (Å²) in [6.45, 7) is 0.769. The summed E-state index contributed by atoms with van der Waals surface area (Å²) < 4.78 is 7.13. The van der Waals surface area contributed by atoms with Crippen LogP contribution in [0.2, 0.25) is 0 Å². The molecular weight excluding hydrogens is 328 g/mol. The van der Waals surface area contributed by atoms with Gasteiger partial charge in [0, 0.05) is 24.4 Å². The summed E-state index contributed by atoms with van der Waals surface area (Å²) in [7, 11) is 1.64. The molecule has 0 aliphatic carbocycles. The summed E-state index contributed by atoms with van der Waals surface area (Å²) >= 11 is 0. The Balaban J connectivity index is 1.59. The summed E-state index contributed by atoms with van der Waals surface area (Å²) in [5, 5.41) is 4.19. The van der Waals surface area contributed by atoms with Gasteiger partial charge in [0.05, 0.1) is 31.5 Å². The molecule has 6 nitrogen and oxygen atoms in total. The van der Waals surface area contributed by atoms with E-state index >= 15 is 0 Å². The van der Waals surface area contributed by atoms with Gasteiger partial charge in [-0.1, -0.05) is 18.2 Å². The van der Waals surface area contributed by atoms with Gasteiger partial charge in [-0.3, -0.25) is 4.79 Å². The van der Waals surface area contributed by atoms with Crippen LogP contribution in [0.4, 0.5) is 0 Å². The van der Waals surface area contributed by atoms with Crippen molar-refractivity contribution in [3.05, 3.63) is 60.0 Å². The standard InChI is InChI=1S/C20H22N4O2/c1-26-18-8-3-2-6-15(18)14-20(25)23-12-5-4-7-17(23)16-10-13-24-19(22-16)9-11-21-24/h2-3,6,8-11,13,17H,4-5,7,12,14H2,1H3/t17-/m1/s1. The van der Waals surface area contributed by atoms with Crippen LogP contribution in [-0.4, -0.2) is 39.1 Å². The maximum absolute atomic E-state index is 13.1. The smallest absolute Gasteiger partial charge is 0.227 e. The van der Waals surface area contributed by atoms with E-state index in [2.05, 4.69) is 5.10 Å². The first-order valence-corrected chi connectivity index (χ1v) is 8.98. The number of aromatic nitrogens is 3. The molecule has 3 heterocycles. The molecule has 1 fully saturated rings. The minimum absolute atomic E-state index is 0.0193. The van der Waals surface area contributed by atoms with Crippen LogP contribution in [0.1, 0.15) is 36.6 Å². The van der Waals surface area contributed by atoms with Gasteiger partial charge in [-0.25, -0.2) is 9.50 Å². The van der Waals surface area contributed by atoms with E-state index in [4.69, 9.17) is 9.72 Å². The number of piperidine rings is 1. The molecule has 1 saturated heterocycles. The molecule has 26 heavy (non-hydrogen) atoms. The highest BCUT2D eigenvalue weighted by molar-refractivity contribution is 5.80. The lowest BCUT2D eigenvalue weighted by Gasteiger charge is -2.35. The van der Waals surface area contributed by atoms with Gasteiger partial charge in [0.1, 0.15) is 5.75 Å². The summed E-state index contributed by atoms with van der Waals surface area (Å²) in [4.78, 5) is 19.7. The molecule has 1 aliphatic rings. The highest BCUT2D eigenvalue weighted by Gasteiger charge is 2.29. The normalized spacial score (nSPS) is 17.4. The Bertz CT molecular complexity index is 921. The number of amides is 1. The molecule has 3 aromatic rings. The number of fused-ring (bicyclic) bond motifs is 1. The van der Waals surface area contributed by atoms with Gasteiger partial charge < -0.3 is 9.64 Å². The topological polar surface area (TPSA) is 59.7 Å². The van der Waals surface area contributed by atoms with E-state index in [1.54, 1.807) is 17.8 Å². The fourth-order valence-corrected chi connectivity index (χ4v) is 3.66. The first-order chi connectivity index (χ1) is 12.8. The van der Waals surface area contributed by atoms with Crippen molar-refractivity contribution < 1.29 is 9.53 Å². The minimum Gasteiger partial charge on any atom is -0.496 e. The number of carbonyl (C=O) groups is 1. The van der Waals surface area contributed by atoms with Gasteiger partial charge in [0.25, 0.3) is 0 Å². The van der Waals surface area contributed by atoms with Crippen molar-refractivity contribution in [1.29, 1.82) is 0 Å². The van der Waals surface area contributed by atoms with Crippen LogP contribution < -0.4 is 4.74 Å². The van der Waals surface area contributed by atoms with Gasteiger partial charge in [0.15, 0.2) is 5.65 Å². The van der Waals surface area contributed by atoms with Crippen molar-refractivity contribution in [1.82, 2.24) is 19.5 Å². The number of carbonyl (C=O) groups excluding carboxylic acids is 1. The number of benzene rings is 1. The van der Waals surface area contributed by atoms with Gasteiger partial charge in [-0.15, -0.1) is 0 Å². The van der Waals surface area contributed by atoms with Gasteiger partial charge in [0.2, 0.25) is 5.91 Å². The molecule has 0 N–H and O–H groups in total. The molecule has 0 unspecified atom stereocenters. The number of nitrogens with zero attached hydrogens (tertiary/aromatic N) is 4. The second-order valence-corrected chi connectivity index (χ2v) is 6.57. The molecule has 0 radical (unpaired) electrons. The third kappa shape index (κ3) is 3.14. The monoisotopic (exact) mass is 350 g/mol. The molecule has 1 amide bonds. The van der Waals surface area contributed by atoms with Crippen LogP contribution in [0.25, 0.3) is 5.65 Å². The Morgan fingerprint density at radius 1 is 1.23 bits per heavy atom. The number of rotatable bonds is 4. The highest BCUT2D eigenvalue weighted by Crippen LogP contribution is 2.31. The molecule has 4 rings (SSSR count). The lowest BCUT2D eigenvalue weighted by molar-refractivity contribution is -0.134. The Kier molecular flexibility index (Phi) is 4.56. The molecule has 1 atom stereocenters. The number of hydrogen-bond acceptors (Lipinski definition) is 4. The molecule has 1 aliphatic heterocycles. The van der Waals surface area contributed by atoms with Crippen LogP contribution in [-0.2, 0) is 11.2 Å². The zero-order valence-corrected chi connectivity index (χ0v) is 14.8. The second kappa shape index (κ2) is 7.15. The predicted molar refractivity (Wildman–Crippen MR) is 98.0 cm³/mol. The zero-order chi connectivity index (χ0) is 17.9. The SMILES string of the molecule is COc1ccccc1CC(=O)N1CCCC[C@@H]1c1ccn2nccc2n1. The van der Waals surface area contributed by atoms with Crippen LogP contribution in [0.5, 0.6) is 5.75 Å². The van der Waals surface area contributed by atoms with Crippen molar-refractivity contribution in [2.75, 3.05) is 13.7 Å². The van der Waals surface area contributed by atoms with E-state index in [0.717, 1.165) is 48.5 Å². The maximum Gasteiger partial charge on any atom is 0.227 e. The average Bonchev–Trinajstić information content (AvgIpc) is 3.16. The minimum atomic E-state index is 0.0193. The molecule has 1 aromatic carbocycles. The Labute approximate surface area is 152 Å². The number of likely N-dealkylation sites (tertiary alicyclic amines) is 1. The van der Waals surface area contributed by atoms with Crippen molar-refractivity contribution in [2.45, 2.75) is 31.7 Å². The first-order valence-electron chi connectivity index (χ1n) is 8.98. The van der Waals surface area contributed by atoms with Gasteiger partial charge >= 0.3 is 0 Å². The highest BCUT2D eigenvalue weighted by atomic mass is 16.5. The average molecular weight is 350 g/mol. The van der Waals surface area contributed by atoms with E-state index in [9.17, 15) is 4.79 Å². The Morgan fingerprint density at radius 3 is 3.00 bits per heavy atom. The molecular formula is C20H22N4O2. The summed E-state index contributed by atoms with van der Waals surface area (Å²) in [6, 6.07) is 11.6. The van der Waals surface area contributed by atoms with Crippen molar-refractivity contribution in [3.63, 3.8) is 0 Å². The predicted octanol–water partition coefficient (Wildman–Crippen LogP) is 3.03. The molecule has 0 bridgehead atoms. The zero-order valence-electron chi connectivity index (χ0n) is 14.8. The Morgan fingerprint density at radius 2 is 2.12 bits per heavy atom. The fourth-order valence-electron chi connectivity index (χ4n) is 3.66. The number of hydrogen-bond donors (Lipinski definition) is 0. The van der Waals surface area contributed by atoms with E-state index in [-0.39, 0.29) is 11.9 Å². The van der Waals surface area contributed by atoms with Crippen LogP contribution in [0.3, 0.4) is 0 Å². The van der Waals surface area contributed by atoms with Gasteiger partial charge in [-0.05, 0) is 31.4 Å². The van der Waals surface area contributed by atoms with Crippen molar-refractivity contribution >= 4 is 11.6 Å². The van der Waals surface area contributed by atoms with E-state index < -0.39 is 0 Å². The van der Waals surface area contributed by atoms with Crippen LogP contribution in [0.15, 0.2) is 48.8 Å². The lowest BCUT2D eigenvalue weighted by Crippen LogP contribution is -2.39. The van der Waals surface area contributed by atoms with Crippen molar-refractivity contribution in [2.24, 2.45) is 0 Å². The summed E-state index contributed by atoms with van der Waals surface area (Å²) in [6.07, 6.45) is 7.06. The third-order valence-corrected chi connectivity index (χ3v) is 4.98. The molecule has 0 saturated carbocycles. The molecule has 134 valence electrons. The number of para-hydroxylation sites is 1. The molecule has 6 heteroatoms. The maximum atomic E-state index is 13.1. The molecule has 0 spiro atoms. The fraction of sp³-hybridized carbons (Fsp3) is 0.350. The lowest BCUT2D eigenvalue weighted by atomic mass is 9.98. The number of methoxy groups -OCH3 is 1. The van der Waals surface area contributed by atoms with Crippen molar-refractivity contribution in [3.8, 4) is 5.75 Å². The first kappa shape index (κ1) is 16.6. The Hall–Kier alpha value is -2.89. The number of ether oxygens (including phenoxy) is 1. The summed E-state index contributed by atoms with van der Waals surface area (Å²) in [5.41, 5.74) is 2.67. The van der Waals surface area contributed by atoms with Gasteiger partial charge in [-0.2, -0.15) is 5.10 Å². The van der Waals surface area contributed by atoms with E-state index in [1.807, 2.05) is 47.5 Å². The summed E-state index contributed by atoms with van der Waals surface area (Å²) in [5.74, 6) is 0.877. The molecule has 2 aromatic heterocycles. The quantitative estimate of drug-likeness (QED) is 0.726. The van der Waals surface area contributed by atoms with Crippen LogP contribution >= 0.6 is 0 Å². The van der Waals surface area contributed by atoms with Crippen LogP contribution in [0, 0.1) is 0 Å². The van der Waals surface area contributed by atoms with E-state index in [1.165, 1.54) is 0 Å². The largest absolute Gasteiger partial charge is 0.496 e. The third-order valence-electron chi connectivity index (χ3n) is 4.98.